The van der Waals surface area contributed by atoms with Crippen LogP contribution in [0.2, 0.25) is 0 Å². The largest absolute Gasteiger partial charge is 0.462 e. The van der Waals surface area contributed by atoms with Crippen molar-refractivity contribution in [3.8, 4) is 0 Å². The molecule has 0 aromatic heterocycles. The molecule has 0 aliphatic carbocycles. The highest BCUT2D eigenvalue weighted by Gasteiger charge is 2.19. The summed E-state index contributed by atoms with van der Waals surface area (Å²) in [6.45, 7) is 6.50. The van der Waals surface area contributed by atoms with Crippen LogP contribution in [0, 0.1) is 0 Å². The van der Waals surface area contributed by atoms with Crippen LogP contribution < -0.4 is 0 Å². The normalized spacial score (nSPS) is 12.5. The topological polar surface area (TPSA) is 78.9 Å². The molecular formula is C72H128O6. The Balaban J connectivity index is 4.30. The Morgan fingerprint density at radius 3 is 0.859 bits per heavy atom. The Morgan fingerprint density at radius 2 is 0.526 bits per heavy atom. The average Bonchev–Trinajstić information content (AvgIpc) is 3.44. The molecule has 0 radical (unpaired) electrons. The molecule has 0 spiro atoms. The van der Waals surface area contributed by atoms with Gasteiger partial charge in [0.05, 0.1) is 0 Å². The number of hydrogen-bond donors (Lipinski definition) is 0. The van der Waals surface area contributed by atoms with E-state index in [0.717, 1.165) is 70.6 Å². The Bertz CT molecular complexity index is 1440. The number of carbonyl (C=O) groups excluding carboxylic acids is 3. The molecule has 0 aliphatic rings. The number of carbonyl (C=O) groups is 3. The van der Waals surface area contributed by atoms with Gasteiger partial charge in [-0.25, -0.2) is 0 Å². The zero-order valence-corrected chi connectivity index (χ0v) is 51.9. The van der Waals surface area contributed by atoms with E-state index in [-0.39, 0.29) is 37.5 Å². The Hall–Kier alpha value is -3.15. The van der Waals surface area contributed by atoms with E-state index in [0.29, 0.717) is 19.3 Å². The summed E-state index contributed by atoms with van der Waals surface area (Å²) in [7, 11) is 0. The van der Waals surface area contributed by atoms with Crippen LogP contribution in [-0.4, -0.2) is 37.2 Å². The third-order valence-electron chi connectivity index (χ3n) is 15.0. The predicted molar refractivity (Wildman–Crippen MR) is 339 cm³/mol. The molecule has 0 aromatic rings. The standard InChI is InChI=1S/C72H128O6/c1-4-7-10-13-16-19-22-25-27-29-31-33-35-37-38-40-42-44-47-50-53-56-59-62-65-71(74)77-68-69(67-76-70(73)64-61-58-55-52-49-46-24-21-18-15-12-9-6-3)78-72(75)66-63-60-57-54-51-48-45-43-41-39-36-34-32-30-28-26-23-20-17-14-11-8-5-2/h9,12,18,21,23,26,30,32,46,49,55,58,69H,4-8,10-11,13-17,19-20,22,24-25,27-29,31,33-45,47-48,50-54,56-57,59-68H2,1-3H3/b12-9-,21-18-,26-23-,32-30-,49-46-,58-55-. The second kappa shape index (κ2) is 66.4. The van der Waals surface area contributed by atoms with Gasteiger partial charge in [0.25, 0.3) is 0 Å². The molecule has 1 unspecified atom stereocenters. The van der Waals surface area contributed by atoms with Crippen LogP contribution in [0.15, 0.2) is 72.9 Å². The Kier molecular flexibility index (Phi) is 63.7. The maximum atomic E-state index is 12.9. The van der Waals surface area contributed by atoms with Crippen molar-refractivity contribution in [2.24, 2.45) is 0 Å². The van der Waals surface area contributed by atoms with Crippen molar-refractivity contribution in [3.63, 3.8) is 0 Å². The van der Waals surface area contributed by atoms with Crippen molar-refractivity contribution in [1.82, 2.24) is 0 Å². The highest BCUT2D eigenvalue weighted by Crippen LogP contribution is 2.18. The summed E-state index contributed by atoms with van der Waals surface area (Å²) in [5, 5.41) is 0. The molecule has 6 heteroatoms. The molecule has 0 fully saturated rings. The van der Waals surface area contributed by atoms with Crippen LogP contribution in [0.3, 0.4) is 0 Å². The highest BCUT2D eigenvalue weighted by molar-refractivity contribution is 5.71. The predicted octanol–water partition coefficient (Wildman–Crippen LogP) is 23.3. The number of rotatable bonds is 62. The van der Waals surface area contributed by atoms with Gasteiger partial charge in [0.15, 0.2) is 6.10 Å². The fourth-order valence-electron chi connectivity index (χ4n) is 9.90. The summed E-state index contributed by atoms with van der Waals surface area (Å²) in [5.74, 6) is -0.964. The van der Waals surface area contributed by atoms with Crippen LogP contribution in [0.4, 0.5) is 0 Å². The maximum Gasteiger partial charge on any atom is 0.306 e. The number of hydrogen-bond acceptors (Lipinski definition) is 6. The zero-order valence-electron chi connectivity index (χ0n) is 51.9. The SMILES string of the molecule is CC/C=C\C/C=C\C/C=C\C/C=C\CCC(=O)OCC(COC(=O)CCCCCCCCCCCCCCCCCCCCCCCCCC)OC(=O)CCCCCCCCCCCCC/C=C\C/C=C\CCCCCCC. The quantitative estimate of drug-likeness (QED) is 0.0261. The molecule has 0 rings (SSSR count). The Labute approximate surface area is 484 Å². The van der Waals surface area contributed by atoms with Gasteiger partial charge in [-0.2, -0.15) is 0 Å². The second-order valence-electron chi connectivity index (χ2n) is 22.7. The minimum absolute atomic E-state index is 0.0949. The fourth-order valence-corrected chi connectivity index (χ4v) is 9.90. The molecule has 0 amide bonds. The van der Waals surface area contributed by atoms with Gasteiger partial charge in [-0.05, 0) is 77.0 Å². The van der Waals surface area contributed by atoms with Crippen molar-refractivity contribution in [3.05, 3.63) is 72.9 Å². The van der Waals surface area contributed by atoms with Gasteiger partial charge in [0.1, 0.15) is 13.2 Å². The lowest BCUT2D eigenvalue weighted by Gasteiger charge is -2.18. The summed E-state index contributed by atoms with van der Waals surface area (Å²) in [6.07, 6.45) is 86.6. The first-order valence-corrected chi connectivity index (χ1v) is 33.9. The van der Waals surface area contributed by atoms with E-state index in [2.05, 4.69) is 87.6 Å². The van der Waals surface area contributed by atoms with Gasteiger partial charge in [-0.15, -0.1) is 0 Å². The minimum atomic E-state index is -0.805. The van der Waals surface area contributed by atoms with E-state index in [4.69, 9.17) is 14.2 Å². The van der Waals surface area contributed by atoms with Crippen molar-refractivity contribution in [1.29, 1.82) is 0 Å². The van der Waals surface area contributed by atoms with Gasteiger partial charge >= 0.3 is 17.9 Å². The minimum Gasteiger partial charge on any atom is -0.462 e. The molecule has 0 aliphatic heterocycles. The van der Waals surface area contributed by atoms with Crippen LogP contribution in [0.1, 0.15) is 348 Å². The molecule has 0 aromatic carbocycles. The molecule has 0 saturated carbocycles. The summed E-state index contributed by atoms with van der Waals surface area (Å²) in [6, 6.07) is 0. The van der Waals surface area contributed by atoms with Crippen molar-refractivity contribution in [2.45, 2.75) is 354 Å². The van der Waals surface area contributed by atoms with E-state index in [9.17, 15) is 14.4 Å². The van der Waals surface area contributed by atoms with Crippen molar-refractivity contribution >= 4 is 17.9 Å². The molecule has 0 saturated heterocycles. The molecule has 0 N–H and O–H groups in total. The average molecular weight is 1090 g/mol. The van der Waals surface area contributed by atoms with Gasteiger partial charge in [-0.3, -0.25) is 14.4 Å². The van der Waals surface area contributed by atoms with E-state index >= 15 is 0 Å². The Morgan fingerprint density at radius 1 is 0.269 bits per heavy atom. The van der Waals surface area contributed by atoms with Crippen molar-refractivity contribution < 1.29 is 28.6 Å². The number of esters is 3. The molecule has 6 nitrogen and oxygen atoms in total. The van der Waals surface area contributed by atoms with E-state index in [1.54, 1.807) is 0 Å². The summed E-state index contributed by atoms with van der Waals surface area (Å²) in [4.78, 5) is 38.3. The van der Waals surface area contributed by atoms with E-state index in [1.807, 2.05) is 6.08 Å². The third-order valence-corrected chi connectivity index (χ3v) is 15.0. The van der Waals surface area contributed by atoms with Crippen molar-refractivity contribution in [2.75, 3.05) is 13.2 Å². The summed E-state index contributed by atoms with van der Waals surface area (Å²) < 4.78 is 16.9. The fraction of sp³-hybridized carbons (Fsp3) is 0.792. The molecular weight excluding hydrogens is 961 g/mol. The molecule has 452 valence electrons. The molecule has 78 heavy (non-hydrogen) atoms. The highest BCUT2D eigenvalue weighted by atomic mass is 16.6. The third kappa shape index (κ3) is 63.7. The zero-order chi connectivity index (χ0) is 56.4. The second-order valence-corrected chi connectivity index (χ2v) is 22.7. The monoisotopic (exact) mass is 1090 g/mol. The summed E-state index contributed by atoms with van der Waals surface area (Å²) in [5.41, 5.74) is 0. The molecule has 0 heterocycles. The number of ether oxygens (including phenoxy) is 3. The van der Waals surface area contributed by atoms with Gasteiger partial charge in [-0.1, -0.05) is 325 Å². The number of allylic oxidation sites excluding steroid dienone is 12. The van der Waals surface area contributed by atoms with Gasteiger partial charge in [0.2, 0.25) is 0 Å². The van der Waals surface area contributed by atoms with Gasteiger partial charge < -0.3 is 14.2 Å². The van der Waals surface area contributed by atoms with Crippen LogP contribution in [-0.2, 0) is 28.6 Å². The first-order chi connectivity index (χ1) is 38.5. The molecule has 0 bridgehead atoms. The van der Waals surface area contributed by atoms with E-state index < -0.39 is 6.10 Å². The van der Waals surface area contributed by atoms with Gasteiger partial charge in [0, 0.05) is 19.3 Å². The van der Waals surface area contributed by atoms with Crippen LogP contribution >= 0.6 is 0 Å². The number of unbranched alkanes of at least 4 members (excludes halogenated alkanes) is 39. The van der Waals surface area contributed by atoms with Crippen LogP contribution in [0.25, 0.3) is 0 Å². The first-order valence-electron chi connectivity index (χ1n) is 33.9. The lowest BCUT2D eigenvalue weighted by molar-refractivity contribution is -0.166. The summed E-state index contributed by atoms with van der Waals surface area (Å²) >= 11 is 0. The molecule has 1 atom stereocenters. The lowest BCUT2D eigenvalue weighted by Crippen LogP contribution is -2.30. The maximum absolute atomic E-state index is 12.9. The first kappa shape index (κ1) is 74.8. The lowest BCUT2D eigenvalue weighted by atomic mass is 10.0. The van der Waals surface area contributed by atoms with E-state index in [1.165, 1.54) is 231 Å². The smallest absolute Gasteiger partial charge is 0.306 e. The van der Waals surface area contributed by atoms with Crippen LogP contribution in [0.5, 0.6) is 0 Å².